The summed E-state index contributed by atoms with van der Waals surface area (Å²) in [5.74, 6) is -1.07. The number of hydrogen-bond acceptors (Lipinski definition) is 1. The highest BCUT2D eigenvalue weighted by atomic mass is 19.1. The topological polar surface area (TPSA) is 29.1 Å². The van der Waals surface area contributed by atoms with Crippen molar-refractivity contribution in [1.29, 1.82) is 0 Å². The predicted octanol–water partition coefficient (Wildman–Crippen LogP) is 1.92. The van der Waals surface area contributed by atoms with Gasteiger partial charge in [0.15, 0.2) is 0 Å². The highest BCUT2D eigenvalue weighted by molar-refractivity contribution is 5.78. The molecule has 0 bridgehead atoms. The fourth-order valence-corrected chi connectivity index (χ4v) is 1.63. The predicted molar refractivity (Wildman–Crippen MR) is 46.5 cm³/mol. The maximum absolute atomic E-state index is 13.2. The zero-order chi connectivity index (χ0) is 10.1. The maximum atomic E-state index is 13.2. The number of halogens is 2. The molecule has 1 heterocycles. The first-order valence-corrected chi connectivity index (χ1v) is 4.41. The van der Waals surface area contributed by atoms with Crippen LogP contribution in [0.2, 0.25) is 0 Å². The van der Waals surface area contributed by atoms with E-state index in [4.69, 9.17) is 0 Å². The van der Waals surface area contributed by atoms with Gasteiger partial charge in [0.2, 0.25) is 5.91 Å². The summed E-state index contributed by atoms with van der Waals surface area (Å²) in [4.78, 5) is 10.9. The first-order chi connectivity index (χ1) is 6.66. The fraction of sp³-hybridized carbons (Fsp3) is 0.300. The third-order valence-electron chi connectivity index (χ3n) is 2.33. The molecule has 0 aliphatic carbocycles. The lowest BCUT2D eigenvalue weighted by atomic mass is 10.0. The van der Waals surface area contributed by atoms with Crippen molar-refractivity contribution < 1.29 is 13.6 Å². The van der Waals surface area contributed by atoms with Crippen molar-refractivity contribution >= 4 is 5.91 Å². The minimum atomic E-state index is -0.484. The van der Waals surface area contributed by atoms with E-state index in [0.29, 0.717) is 12.8 Å². The molecule has 1 N–H and O–H groups in total. The first kappa shape index (κ1) is 9.12. The summed E-state index contributed by atoms with van der Waals surface area (Å²) in [6, 6.07) is 2.90. The molecule has 14 heavy (non-hydrogen) atoms. The number of carbonyl (C=O) groups is 1. The highest BCUT2D eigenvalue weighted by Crippen LogP contribution is 2.26. The number of amides is 1. The molecule has 0 radical (unpaired) electrons. The van der Waals surface area contributed by atoms with E-state index >= 15 is 0 Å². The normalized spacial score (nSPS) is 21.0. The van der Waals surface area contributed by atoms with Crippen LogP contribution >= 0.6 is 0 Å². The van der Waals surface area contributed by atoms with Gasteiger partial charge < -0.3 is 5.32 Å². The number of nitrogens with one attached hydrogen (secondary N) is 1. The molecule has 4 heteroatoms. The molecule has 0 spiro atoms. The molecule has 1 aliphatic heterocycles. The van der Waals surface area contributed by atoms with E-state index in [2.05, 4.69) is 5.32 Å². The smallest absolute Gasteiger partial charge is 0.220 e. The molecule has 1 amide bonds. The van der Waals surface area contributed by atoms with Gasteiger partial charge in [0.25, 0.3) is 0 Å². The average molecular weight is 197 g/mol. The quantitative estimate of drug-likeness (QED) is 0.732. The van der Waals surface area contributed by atoms with E-state index in [1.165, 1.54) is 0 Å². The van der Waals surface area contributed by atoms with Crippen molar-refractivity contribution in [3.63, 3.8) is 0 Å². The second kappa shape index (κ2) is 3.36. The Morgan fingerprint density at radius 2 is 2.14 bits per heavy atom. The second-order valence-electron chi connectivity index (χ2n) is 3.32. The molecule has 0 unspecified atom stereocenters. The van der Waals surface area contributed by atoms with Crippen LogP contribution in [0.4, 0.5) is 8.78 Å². The molecular weight excluding hydrogens is 188 g/mol. The molecule has 0 saturated carbocycles. The summed E-state index contributed by atoms with van der Waals surface area (Å²) < 4.78 is 26.0. The van der Waals surface area contributed by atoms with Gasteiger partial charge in [-0.3, -0.25) is 4.79 Å². The summed E-state index contributed by atoms with van der Waals surface area (Å²) in [6.07, 6.45) is 0.903. The molecule has 1 fully saturated rings. The van der Waals surface area contributed by atoms with Crippen LogP contribution < -0.4 is 5.32 Å². The van der Waals surface area contributed by atoms with Gasteiger partial charge in [0.1, 0.15) is 11.6 Å². The third-order valence-corrected chi connectivity index (χ3v) is 2.33. The Bertz CT molecular complexity index is 378. The average Bonchev–Trinajstić information content (AvgIpc) is 2.56. The van der Waals surface area contributed by atoms with E-state index in [1.54, 1.807) is 0 Å². The molecule has 1 atom stereocenters. The standard InChI is InChI=1S/C10H9F2NO/c11-6-1-2-8(12)7(5-6)9-3-4-10(14)13-9/h1-2,5,9H,3-4H2,(H,13,14)/t9-/m1/s1. The maximum Gasteiger partial charge on any atom is 0.220 e. The third kappa shape index (κ3) is 1.60. The lowest BCUT2D eigenvalue weighted by Gasteiger charge is -2.10. The Balaban J connectivity index is 2.31. The SMILES string of the molecule is O=C1CC[C@H](c2cc(F)ccc2F)N1. The molecule has 0 aromatic heterocycles. The number of hydrogen-bond donors (Lipinski definition) is 1. The lowest BCUT2D eigenvalue weighted by molar-refractivity contribution is -0.119. The van der Waals surface area contributed by atoms with Crippen molar-refractivity contribution in [2.45, 2.75) is 18.9 Å². The van der Waals surface area contributed by atoms with Gasteiger partial charge in [-0.15, -0.1) is 0 Å². The summed E-state index contributed by atoms with van der Waals surface area (Å²) >= 11 is 0. The van der Waals surface area contributed by atoms with Crippen LogP contribution in [0.1, 0.15) is 24.4 Å². The molecule has 1 aromatic rings. The summed E-state index contributed by atoms with van der Waals surface area (Å²) in [5, 5.41) is 2.59. The summed E-state index contributed by atoms with van der Waals surface area (Å²) in [5.41, 5.74) is 0.232. The second-order valence-corrected chi connectivity index (χ2v) is 3.32. The molecule has 1 aliphatic rings. The van der Waals surface area contributed by atoms with Gasteiger partial charge in [-0.05, 0) is 24.6 Å². The molecule has 2 rings (SSSR count). The molecular formula is C10H9F2NO. The summed E-state index contributed by atoms with van der Waals surface area (Å²) in [6.45, 7) is 0. The van der Waals surface area contributed by atoms with Crippen LogP contribution in [0.25, 0.3) is 0 Å². The monoisotopic (exact) mass is 197 g/mol. The molecule has 1 saturated heterocycles. The highest BCUT2D eigenvalue weighted by Gasteiger charge is 2.24. The first-order valence-electron chi connectivity index (χ1n) is 4.41. The van der Waals surface area contributed by atoms with E-state index in [1.807, 2.05) is 0 Å². The van der Waals surface area contributed by atoms with Crippen molar-refractivity contribution in [2.24, 2.45) is 0 Å². The Morgan fingerprint density at radius 3 is 2.79 bits per heavy atom. The van der Waals surface area contributed by atoms with Crippen molar-refractivity contribution in [3.8, 4) is 0 Å². The van der Waals surface area contributed by atoms with E-state index < -0.39 is 11.6 Å². The van der Waals surface area contributed by atoms with Gasteiger partial charge in [-0.2, -0.15) is 0 Å². The lowest BCUT2D eigenvalue weighted by Crippen LogP contribution is -2.19. The van der Waals surface area contributed by atoms with Gasteiger partial charge >= 0.3 is 0 Å². The van der Waals surface area contributed by atoms with Crippen molar-refractivity contribution in [3.05, 3.63) is 35.4 Å². The number of carbonyl (C=O) groups excluding carboxylic acids is 1. The molecule has 74 valence electrons. The van der Waals surface area contributed by atoms with Crippen LogP contribution in [0.15, 0.2) is 18.2 Å². The van der Waals surface area contributed by atoms with Gasteiger partial charge in [-0.25, -0.2) is 8.78 Å². The zero-order valence-electron chi connectivity index (χ0n) is 7.39. The van der Waals surface area contributed by atoms with Crippen molar-refractivity contribution in [2.75, 3.05) is 0 Å². The van der Waals surface area contributed by atoms with E-state index in [0.717, 1.165) is 18.2 Å². The molecule has 1 aromatic carbocycles. The van der Waals surface area contributed by atoms with Crippen LogP contribution in [0.3, 0.4) is 0 Å². The summed E-state index contributed by atoms with van der Waals surface area (Å²) in [7, 11) is 0. The Hall–Kier alpha value is -1.45. The Kier molecular flexibility index (Phi) is 2.19. The van der Waals surface area contributed by atoms with Gasteiger partial charge in [0, 0.05) is 12.0 Å². The largest absolute Gasteiger partial charge is 0.349 e. The Labute approximate surface area is 79.9 Å². The van der Waals surface area contributed by atoms with Crippen molar-refractivity contribution in [1.82, 2.24) is 5.32 Å². The van der Waals surface area contributed by atoms with Crippen LogP contribution in [-0.4, -0.2) is 5.91 Å². The van der Waals surface area contributed by atoms with Crippen LogP contribution in [0.5, 0.6) is 0 Å². The fourth-order valence-electron chi connectivity index (χ4n) is 1.63. The minimum absolute atomic E-state index is 0.112. The number of benzene rings is 1. The van der Waals surface area contributed by atoms with Gasteiger partial charge in [0.05, 0.1) is 6.04 Å². The van der Waals surface area contributed by atoms with Crippen LogP contribution in [0, 0.1) is 11.6 Å². The number of rotatable bonds is 1. The minimum Gasteiger partial charge on any atom is -0.349 e. The zero-order valence-corrected chi connectivity index (χ0v) is 7.39. The Morgan fingerprint density at radius 1 is 1.36 bits per heavy atom. The van der Waals surface area contributed by atoms with Gasteiger partial charge in [-0.1, -0.05) is 0 Å². The van der Waals surface area contributed by atoms with Crippen LogP contribution in [-0.2, 0) is 4.79 Å². The molecule has 2 nitrogen and oxygen atoms in total. The van der Waals surface area contributed by atoms with E-state index in [9.17, 15) is 13.6 Å². The van der Waals surface area contributed by atoms with E-state index in [-0.39, 0.29) is 17.5 Å².